The molecule has 0 bridgehead atoms. The monoisotopic (exact) mass is 473 g/mol. The molecule has 0 saturated carbocycles. The summed E-state index contributed by atoms with van der Waals surface area (Å²) in [6.45, 7) is 1.75. The molecule has 1 amide bonds. The number of carbonyl (C=O) groups excluding carboxylic acids is 1. The number of rotatable bonds is 6. The first-order chi connectivity index (χ1) is 16.8. The molecule has 0 unspecified atom stereocenters. The van der Waals surface area contributed by atoms with Gasteiger partial charge in [0.05, 0.1) is 17.8 Å². The zero-order chi connectivity index (χ0) is 25.1. The van der Waals surface area contributed by atoms with Crippen molar-refractivity contribution in [2.45, 2.75) is 18.8 Å². The maximum absolute atomic E-state index is 14.3. The van der Waals surface area contributed by atoms with Crippen molar-refractivity contribution in [2.24, 2.45) is 7.05 Å². The highest BCUT2D eigenvalue weighted by atomic mass is 19.1. The number of anilines is 1. The first kappa shape index (κ1) is 23.4. The van der Waals surface area contributed by atoms with E-state index >= 15 is 0 Å². The number of aromatic nitrogens is 3. The summed E-state index contributed by atoms with van der Waals surface area (Å²) in [4.78, 5) is 30.0. The lowest BCUT2D eigenvalue weighted by Gasteiger charge is -2.27. The fourth-order valence-electron chi connectivity index (χ4n) is 4.07. The Morgan fingerprint density at radius 2 is 2.00 bits per heavy atom. The quantitative estimate of drug-likeness (QED) is 0.436. The van der Waals surface area contributed by atoms with Crippen LogP contribution in [0.3, 0.4) is 0 Å². The maximum atomic E-state index is 14.3. The highest BCUT2D eigenvalue weighted by Crippen LogP contribution is 2.39. The molecular formula is C25H20FN5O4. The molecule has 0 spiro atoms. The Bertz CT molecular complexity index is 1480. The molecular weight excluding hydrogens is 453 g/mol. The first-order valence-electron chi connectivity index (χ1n) is 10.6. The van der Waals surface area contributed by atoms with Crippen molar-refractivity contribution in [3.63, 3.8) is 0 Å². The first-order valence-corrected chi connectivity index (χ1v) is 10.6. The van der Waals surface area contributed by atoms with Crippen molar-refractivity contribution in [1.29, 1.82) is 5.26 Å². The zero-order valence-corrected chi connectivity index (χ0v) is 18.8. The number of amides is 1. The number of hydrogen-bond acceptors (Lipinski definition) is 7. The van der Waals surface area contributed by atoms with E-state index in [0.29, 0.717) is 5.56 Å². The number of nitrogens with one attached hydrogen (secondary N) is 1. The van der Waals surface area contributed by atoms with Crippen LogP contribution < -0.4 is 10.9 Å². The van der Waals surface area contributed by atoms with E-state index in [9.17, 15) is 24.3 Å². The molecule has 9 nitrogen and oxygen atoms in total. The normalized spacial score (nSPS) is 12.5. The molecule has 0 aliphatic heterocycles. The molecule has 4 aromatic rings. The minimum Gasteiger partial charge on any atom is -0.501 e. The number of benzene rings is 2. The number of aromatic hydroxyl groups is 1. The van der Waals surface area contributed by atoms with Gasteiger partial charge in [-0.2, -0.15) is 5.26 Å². The lowest BCUT2D eigenvalue weighted by Crippen LogP contribution is -2.29. The third-order valence-corrected chi connectivity index (χ3v) is 5.74. The summed E-state index contributed by atoms with van der Waals surface area (Å²) >= 11 is 0. The lowest BCUT2D eigenvalue weighted by molar-refractivity contribution is 0.101. The SMILES string of the molecule is C[C@@H](c1nc(C(=O)Nc2cnoc2)c(O)c(=O)n1C)[C@@H](c1ccccc1)c1cc(F)ccc1C#N. The summed E-state index contributed by atoms with van der Waals surface area (Å²) in [6.07, 6.45) is 2.43. The second-order valence-electron chi connectivity index (χ2n) is 7.92. The smallest absolute Gasteiger partial charge is 0.296 e. The van der Waals surface area contributed by atoms with Crippen LogP contribution in [0.25, 0.3) is 0 Å². The van der Waals surface area contributed by atoms with Crippen LogP contribution in [0.15, 0.2) is 70.3 Å². The van der Waals surface area contributed by atoms with Gasteiger partial charge in [0, 0.05) is 18.9 Å². The predicted octanol–water partition coefficient (Wildman–Crippen LogP) is 3.67. The Kier molecular flexibility index (Phi) is 6.42. The summed E-state index contributed by atoms with van der Waals surface area (Å²) in [6, 6.07) is 15.1. The van der Waals surface area contributed by atoms with Gasteiger partial charge in [-0.15, -0.1) is 0 Å². The molecule has 10 heteroatoms. The van der Waals surface area contributed by atoms with Crippen molar-refractivity contribution >= 4 is 11.6 Å². The predicted molar refractivity (Wildman–Crippen MR) is 123 cm³/mol. The highest BCUT2D eigenvalue weighted by molar-refractivity contribution is 6.04. The van der Waals surface area contributed by atoms with E-state index in [1.165, 1.54) is 37.7 Å². The van der Waals surface area contributed by atoms with Gasteiger partial charge >= 0.3 is 0 Å². The van der Waals surface area contributed by atoms with Gasteiger partial charge in [0.2, 0.25) is 5.75 Å². The molecule has 0 aliphatic rings. The number of halogens is 1. The third kappa shape index (κ3) is 4.52. The van der Waals surface area contributed by atoms with E-state index in [2.05, 4.69) is 26.0 Å². The summed E-state index contributed by atoms with van der Waals surface area (Å²) in [7, 11) is 1.42. The molecule has 4 rings (SSSR count). The lowest BCUT2D eigenvalue weighted by atomic mass is 9.79. The fourth-order valence-corrected chi connectivity index (χ4v) is 4.07. The average molecular weight is 473 g/mol. The molecule has 0 aliphatic carbocycles. The summed E-state index contributed by atoms with van der Waals surface area (Å²) in [5.74, 6) is -3.24. The average Bonchev–Trinajstić information content (AvgIpc) is 3.36. The van der Waals surface area contributed by atoms with Gasteiger partial charge in [0.25, 0.3) is 11.5 Å². The Labute approximate surface area is 199 Å². The van der Waals surface area contributed by atoms with Crippen molar-refractivity contribution in [1.82, 2.24) is 14.7 Å². The van der Waals surface area contributed by atoms with E-state index in [4.69, 9.17) is 0 Å². The van der Waals surface area contributed by atoms with Crippen LogP contribution in [0.1, 0.15) is 51.8 Å². The number of hydrogen-bond donors (Lipinski definition) is 2. The molecule has 2 N–H and O–H groups in total. The molecule has 0 fully saturated rings. The van der Waals surface area contributed by atoms with Crippen molar-refractivity contribution in [3.8, 4) is 11.8 Å². The molecule has 2 heterocycles. The van der Waals surface area contributed by atoms with Gasteiger partial charge in [0.15, 0.2) is 5.69 Å². The van der Waals surface area contributed by atoms with Crippen LogP contribution in [-0.2, 0) is 7.05 Å². The number of carbonyl (C=O) groups is 1. The van der Waals surface area contributed by atoms with Crippen LogP contribution in [-0.4, -0.2) is 25.7 Å². The Morgan fingerprint density at radius 3 is 2.66 bits per heavy atom. The van der Waals surface area contributed by atoms with Crippen LogP contribution in [0.4, 0.5) is 10.1 Å². The van der Waals surface area contributed by atoms with Crippen LogP contribution >= 0.6 is 0 Å². The standard InChI is InChI=1S/C25H20FN5O4/c1-14(20(15-6-4-3-5-7-15)19-10-17(26)9-8-16(19)11-27)23-30-21(22(32)25(34)31(23)2)24(33)29-18-12-28-35-13-18/h3-10,12-14,20,32H,1-2H3,(H,29,33)/t14-,20+/m1/s1. The van der Waals surface area contributed by atoms with Gasteiger partial charge < -0.3 is 14.9 Å². The molecule has 2 aromatic carbocycles. The van der Waals surface area contributed by atoms with Crippen molar-refractivity contribution < 1.29 is 18.8 Å². The highest BCUT2D eigenvalue weighted by Gasteiger charge is 2.31. The van der Waals surface area contributed by atoms with E-state index in [1.807, 2.05) is 30.3 Å². The second-order valence-corrected chi connectivity index (χ2v) is 7.92. The van der Waals surface area contributed by atoms with Gasteiger partial charge in [-0.1, -0.05) is 42.4 Å². The van der Waals surface area contributed by atoms with E-state index in [0.717, 1.165) is 10.1 Å². The third-order valence-electron chi connectivity index (χ3n) is 5.74. The minimum atomic E-state index is -0.836. The van der Waals surface area contributed by atoms with Crippen LogP contribution in [0, 0.1) is 17.1 Å². The van der Waals surface area contributed by atoms with Crippen molar-refractivity contribution in [2.75, 3.05) is 5.32 Å². The largest absolute Gasteiger partial charge is 0.501 e. The second kappa shape index (κ2) is 9.61. The molecule has 0 radical (unpaired) electrons. The Hall–Kier alpha value is -4.78. The topological polar surface area (TPSA) is 134 Å². The number of nitriles is 1. The fraction of sp³-hybridized carbons (Fsp3) is 0.160. The van der Waals surface area contributed by atoms with E-state index in [-0.39, 0.29) is 17.1 Å². The molecule has 176 valence electrons. The molecule has 2 atom stereocenters. The number of nitrogens with zero attached hydrogens (tertiary/aromatic N) is 4. The zero-order valence-electron chi connectivity index (χ0n) is 18.8. The van der Waals surface area contributed by atoms with Gasteiger partial charge in [-0.05, 0) is 29.3 Å². The van der Waals surface area contributed by atoms with E-state index in [1.54, 1.807) is 6.92 Å². The van der Waals surface area contributed by atoms with Gasteiger partial charge in [0.1, 0.15) is 23.6 Å². The Balaban J connectivity index is 1.88. The molecule has 0 saturated heterocycles. The van der Waals surface area contributed by atoms with Crippen LogP contribution in [0.5, 0.6) is 5.75 Å². The van der Waals surface area contributed by atoms with Crippen molar-refractivity contribution in [3.05, 3.63) is 105 Å². The summed E-state index contributed by atoms with van der Waals surface area (Å²) in [5, 5.41) is 26.0. The van der Waals surface area contributed by atoms with Crippen LogP contribution in [0.2, 0.25) is 0 Å². The van der Waals surface area contributed by atoms with Gasteiger partial charge in [-0.3, -0.25) is 14.2 Å². The summed E-state index contributed by atoms with van der Waals surface area (Å²) < 4.78 is 20.1. The van der Waals surface area contributed by atoms with E-state index < -0.39 is 40.6 Å². The molecule has 2 aromatic heterocycles. The minimum absolute atomic E-state index is 0.158. The Morgan fingerprint density at radius 1 is 1.26 bits per heavy atom. The maximum Gasteiger partial charge on any atom is 0.296 e. The molecule has 35 heavy (non-hydrogen) atoms. The summed E-state index contributed by atoms with van der Waals surface area (Å²) in [5.41, 5.74) is 0.323. The van der Waals surface area contributed by atoms with Gasteiger partial charge in [-0.25, -0.2) is 9.37 Å².